The van der Waals surface area contributed by atoms with Gasteiger partial charge in [-0.05, 0) is 44.5 Å². The normalized spacial score (nSPS) is 14.6. The molecular formula is C19H27N3O6. The van der Waals surface area contributed by atoms with E-state index in [4.69, 9.17) is 18.9 Å². The third-order valence-corrected chi connectivity index (χ3v) is 3.67. The maximum absolute atomic E-state index is 12.2. The van der Waals surface area contributed by atoms with Gasteiger partial charge in [0.1, 0.15) is 5.60 Å². The molecule has 0 bridgehead atoms. The van der Waals surface area contributed by atoms with Gasteiger partial charge < -0.3 is 23.8 Å². The minimum atomic E-state index is -0.641. The van der Waals surface area contributed by atoms with E-state index in [1.807, 2.05) is 0 Å². The number of hydrogen-bond donors (Lipinski definition) is 1. The molecule has 2 amide bonds. The average molecular weight is 393 g/mol. The fraction of sp³-hybridized carbons (Fsp3) is 0.526. The number of benzene rings is 1. The number of ether oxygens (including phenoxy) is 4. The van der Waals surface area contributed by atoms with Gasteiger partial charge in [-0.2, -0.15) is 5.10 Å². The molecule has 1 aromatic carbocycles. The summed E-state index contributed by atoms with van der Waals surface area (Å²) in [6.07, 6.45) is 0.812. The van der Waals surface area contributed by atoms with Crippen LogP contribution in [0.5, 0.6) is 11.5 Å². The molecule has 1 aliphatic heterocycles. The molecule has 9 nitrogen and oxygen atoms in total. The van der Waals surface area contributed by atoms with Gasteiger partial charge in [0.2, 0.25) is 0 Å². The van der Waals surface area contributed by atoms with E-state index in [0.29, 0.717) is 43.4 Å². The van der Waals surface area contributed by atoms with Gasteiger partial charge in [0.15, 0.2) is 18.1 Å². The van der Waals surface area contributed by atoms with E-state index in [2.05, 4.69) is 10.5 Å². The number of methoxy groups -OCH3 is 1. The zero-order valence-corrected chi connectivity index (χ0v) is 16.7. The minimum absolute atomic E-state index is 0.0794. The highest BCUT2D eigenvalue weighted by molar-refractivity contribution is 5.82. The van der Waals surface area contributed by atoms with E-state index < -0.39 is 11.7 Å². The van der Waals surface area contributed by atoms with Gasteiger partial charge in [0, 0.05) is 13.1 Å². The fourth-order valence-electron chi connectivity index (χ4n) is 2.39. The van der Waals surface area contributed by atoms with E-state index in [-0.39, 0.29) is 12.5 Å². The number of rotatable bonds is 6. The van der Waals surface area contributed by atoms with Crippen LogP contribution in [0.2, 0.25) is 0 Å². The summed E-state index contributed by atoms with van der Waals surface area (Å²) in [5.74, 6) is 0.801. The topological polar surface area (TPSA) is 98.7 Å². The molecular weight excluding hydrogens is 366 g/mol. The first-order valence-electron chi connectivity index (χ1n) is 8.97. The highest BCUT2D eigenvalue weighted by Gasteiger charge is 2.18. The number of amides is 2. The Morgan fingerprint density at radius 3 is 2.61 bits per heavy atom. The molecule has 0 saturated carbocycles. The van der Waals surface area contributed by atoms with Crippen LogP contribution in [0.4, 0.5) is 4.79 Å². The van der Waals surface area contributed by atoms with Gasteiger partial charge in [0.25, 0.3) is 5.91 Å². The van der Waals surface area contributed by atoms with Crippen molar-refractivity contribution in [3.05, 3.63) is 23.8 Å². The van der Waals surface area contributed by atoms with Crippen LogP contribution in [-0.2, 0) is 14.3 Å². The lowest BCUT2D eigenvalue weighted by Crippen LogP contribution is -2.43. The van der Waals surface area contributed by atoms with E-state index in [1.165, 1.54) is 13.3 Å². The Labute approximate surface area is 164 Å². The number of nitrogens with one attached hydrogen (secondary N) is 1. The maximum Gasteiger partial charge on any atom is 0.428 e. The van der Waals surface area contributed by atoms with Crippen LogP contribution in [-0.4, -0.2) is 68.7 Å². The quantitative estimate of drug-likeness (QED) is 0.584. The SMILES string of the molecule is COc1cc(/C=N\NC(=O)OC(C)(C)C)ccc1OCC(=O)N1CCOCC1. The summed E-state index contributed by atoms with van der Waals surface area (Å²) in [6, 6.07) is 5.10. The van der Waals surface area contributed by atoms with E-state index >= 15 is 0 Å². The van der Waals surface area contributed by atoms with E-state index in [9.17, 15) is 9.59 Å². The molecule has 0 radical (unpaired) electrons. The van der Waals surface area contributed by atoms with Gasteiger partial charge in [0.05, 0.1) is 26.5 Å². The Kier molecular flexibility index (Phi) is 7.62. The summed E-state index contributed by atoms with van der Waals surface area (Å²) in [7, 11) is 1.51. The Bertz CT molecular complexity index is 708. The van der Waals surface area contributed by atoms with E-state index in [1.54, 1.807) is 43.9 Å². The monoisotopic (exact) mass is 393 g/mol. The molecule has 0 spiro atoms. The fourth-order valence-corrected chi connectivity index (χ4v) is 2.39. The molecule has 0 unspecified atom stereocenters. The van der Waals surface area contributed by atoms with Gasteiger partial charge in [-0.15, -0.1) is 0 Å². The smallest absolute Gasteiger partial charge is 0.428 e. The average Bonchev–Trinajstić information content (AvgIpc) is 2.65. The number of carbonyl (C=O) groups is 2. The van der Waals surface area contributed by atoms with Gasteiger partial charge in [-0.1, -0.05) is 0 Å². The predicted octanol–water partition coefficient (Wildman–Crippen LogP) is 1.79. The first-order chi connectivity index (χ1) is 13.3. The minimum Gasteiger partial charge on any atom is -0.493 e. The standard InChI is InChI=1S/C19H27N3O6/c1-19(2,3)28-18(24)21-20-12-14-5-6-15(16(11-14)25-4)27-13-17(23)22-7-9-26-10-8-22/h5-6,11-12H,7-10,13H2,1-4H3,(H,21,24)/b20-12-. The van der Waals surface area contributed by atoms with Crippen molar-refractivity contribution in [3.63, 3.8) is 0 Å². The summed E-state index contributed by atoms with van der Waals surface area (Å²) >= 11 is 0. The Morgan fingerprint density at radius 1 is 1.25 bits per heavy atom. The van der Waals surface area contributed by atoms with Crippen LogP contribution >= 0.6 is 0 Å². The van der Waals surface area contributed by atoms with Crippen molar-refractivity contribution in [1.82, 2.24) is 10.3 Å². The summed E-state index contributed by atoms with van der Waals surface area (Å²) in [5, 5.41) is 3.85. The largest absolute Gasteiger partial charge is 0.493 e. The van der Waals surface area contributed by atoms with Crippen molar-refractivity contribution in [2.45, 2.75) is 26.4 Å². The van der Waals surface area contributed by atoms with Crippen LogP contribution < -0.4 is 14.9 Å². The van der Waals surface area contributed by atoms with Crippen LogP contribution in [0.25, 0.3) is 0 Å². The molecule has 9 heteroatoms. The number of hydrazone groups is 1. The number of morpholine rings is 1. The van der Waals surface area contributed by atoms with Gasteiger partial charge in [-0.3, -0.25) is 4.79 Å². The second-order valence-corrected chi connectivity index (χ2v) is 7.06. The highest BCUT2D eigenvalue weighted by atomic mass is 16.6. The third kappa shape index (κ3) is 7.07. The third-order valence-electron chi connectivity index (χ3n) is 3.67. The Balaban J connectivity index is 1.91. The molecule has 1 aromatic rings. The molecule has 1 saturated heterocycles. The zero-order chi connectivity index (χ0) is 20.6. The van der Waals surface area contributed by atoms with Crippen LogP contribution in [0.15, 0.2) is 23.3 Å². The summed E-state index contributed by atoms with van der Waals surface area (Å²) in [6.45, 7) is 7.45. The molecule has 1 fully saturated rings. The first kappa shape index (κ1) is 21.5. The zero-order valence-electron chi connectivity index (χ0n) is 16.7. The van der Waals surface area contributed by atoms with Gasteiger partial charge in [-0.25, -0.2) is 10.2 Å². The second-order valence-electron chi connectivity index (χ2n) is 7.06. The van der Waals surface area contributed by atoms with Crippen molar-refractivity contribution in [2.24, 2.45) is 5.10 Å². The number of nitrogens with zero attached hydrogens (tertiary/aromatic N) is 2. The lowest BCUT2D eigenvalue weighted by molar-refractivity contribution is -0.137. The summed E-state index contributed by atoms with van der Waals surface area (Å²) in [5.41, 5.74) is 2.38. The number of hydrogen-bond acceptors (Lipinski definition) is 7. The van der Waals surface area contributed by atoms with Crippen molar-refractivity contribution in [3.8, 4) is 11.5 Å². The molecule has 0 aliphatic carbocycles. The van der Waals surface area contributed by atoms with Crippen LogP contribution in [0.1, 0.15) is 26.3 Å². The highest BCUT2D eigenvalue weighted by Crippen LogP contribution is 2.27. The van der Waals surface area contributed by atoms with Crippen molar-refractivity contribution in [1.29, 1.82) is 0 Å². The molecule has 1 aliphatic rings. The summed E-state index contributed by atoms with van der Waals surface area (Å²) in [4.78, 5) is 25.5. The molecule has 28 heavy (non-hydrogen) atoms. The molecule has 1 N–H and O–H groups in total. The van der Waals surface area contributed by atoms with Crippen molar-refractivity contribution >= 4 is 18.2 Å². The Hall–Kier alpha value is -2.81. The van der Waals surface area contributed by atoms with Crippen molar-refractivity contribution in [2.75, 3.05) is 40.0 Å². The van der Waals surface area contributed by atoms with Crippen LogP contribution in [0, 0.1) is 0 Å². The molecule has 0 aromatic heterocycles. The molecule has 0 atom stereocenters. The molecule has 2 rings (SSSR count). The molecule has 154 valence electrons. The lowest BCUT2D eigenvalue weighted by Gasteiger charge is -2.26. The second kappa shape index (κ2) is 9.93. The lowest BCUT2D eigenvalue weighted by atomic mass is 10.2. The first-order valence-corrected chi connectivity index (χ1v) is 8.97. The predicted molar refractivity (Wildman–Crippen MR) is 103 cm³/mol. The summed E-state index contributed by atoms with van der Waals surface area (Å²) < 4.78 is 21.2. The molecule has 1 heterocycles. The Morgan fingerprint density at radius 2 is 1.96 bits per heavy atom. The number of carbonyl (C=O) groups excluding carboxylic acids is 2. The van der Waals surface area contributed by atoms with Crippen LogP contribution in [0.3, 0.4) is 0 Å². The van der Waals surface area contributed by atoms with Crippen molar-refractivity contribution < 1.29 is 28.5 Å². The van der Waals surface area contributed by atoms with Gasteiger partial charge >= 0.3 is 6.09 Å². The maximum atomic E-state index is 12.2. The van der Waals surface area contributed by atoms with E-state index in [0.717, 1.165) is 0 Å².